The second-order valence-corrected chi connectivity index (χ2v) is 6.56. The van der Waals surface area contributed by atoms with Gasteiger partial charge in [-0.15, -0.1) is 11.8 Å². The molecule has 0 spiro atoms. The Morgan fingerprint density at radius 2 is 2.05 bits per heavy atom. The van der Waals surface area contributed by atoms with E-state index in [1.807, 2.05) is 11.8 Å². The van der Waals surface area contributed by atoms with Crippen LogP contribution in [0.1, 0.15) is 25.7 Å². The molecular formula is C16H22N2S. The van der Waals surface area contributed by atoms with Crippen molar-refractivity contribution in [2.24, 2.45) is 5.92 Å². The second-order valence-electron chi connectivity index (χ2n) is 5.42. The van der Waals surface area contributed by atoms with Gasteiger partial charge < -0.3 is 10.3 Å². The van der Waals surface area contributed by atoms with Gasteiger partial charge in [0.05, 0.1) is 5.03 Å². The van der Waals surface area contributed by atoms with E-state index in [0.717, 1.165) is 18.2 Å². The van der Waals surface area contributed by atoms with Gasteiger partial charge in [0.1, 0.15) is 0 Å². The summed E-state index contributed by atoms with van der Waals surface area (Å²) in [6, 6.07) is 10.7. The van der Waals surface area contributed by atoms with Gasteiger partial charge in [-0.2, -0.15) is 0 Å². The number of aromatic nitrogens is 1. The number of thioether (sulfide) groups is 1. The average molecular weight is 274 g/mol. The average Bonchev–Trinajstić information content (AvgIpc) is 3.06. The topological polar surface area (TPSA) is 27.8 Å². The molecule has 0 unspecified atom stereocenters. The van der Waals surface area contributed by atoms with Gasteiger partial charge in [0.2, 0.25) is 0 Å². The van der Waals surface area contributed by atoms with Gasteiger partial charge in [0.25, 0.3) is 0 Å². The van der Waals surface area contributed by atoms with Crippen molar-refractivity contribution in [2.75, 3.05) is 18.8 Å². The molecule has 0 aliphatic heterocycles. The molecule has 0 amide bonds. The fraction of sp³-hybridized carbons (Fsp3) is 0.500. The first kappa shape index (κ1) is 13.1. The number of hydrogen-bond acceptors (Lipinski definition) is 2. The molecule has 0 radical (unpaired) electrons. The first-order valence-electron chi connectivity index (χ1n) is 7.33. The summed E-state index contributed by atoms with van der Waals surface area (Å²) in [5.41, 5.74) is 1.24. The van der Waals surface area contributed by atoms with E-state index in [1.54, 1.807) is 0 Å². The lowest BCUT2D eigenvalue weighted by molar-refractivity contribution is 0.500. The van der Waals surface area contributed by atoms with Crippen LogP contribution >= 0.6 is 11.8 Å². The predicted octanol–water partition coefficient (Wildman–Crippen LogP) is 4.04. The van der Waals surface area contributed by atoms with E-state index in [1.165, 1.54) is 48.2 Å². The number of benzene rings is 1. The maximum Gasteiger partial charge on any atom is 0.0732 e. The molecular weight excluding hydrogens is 252 g/mol. The van der Waals surface area contributed by atoms with Crippen LogP contribution in [0.5, 0.6) is 0 Å². The Labute approximate surface area is 119 Å². The number of aromatic amines is 1. The number of hydrogen-bond donors (Lipinski definition) is 2. The quantitative estimate of drug-likeness (QED) is 0.614. The van der Waals surface area contributed by atoms with Crippen molar-refractivity contribution < 1.29 is 0 Å². The van der Waals surface area contributed by atoms with Gasteiger partial charge in [0, 0.05) is 23.2 Å². The Balaban J connectivity index is 1.39. The van der Waals surface area contributed by atoms with E-state index in [2.05, 4.69) is 40.6 Å². The van der Waals surface area contributed by atoms with Crippen LogP contribution < -0.4 is 5.32 Å². The Morgan fingerprint density at radius 3 is 2.89 bits per heavy atom. The first-order chi connectivity index (χ1) is 9.42. The van der Waals surface area contributed by atoms with E-state index >= 15 is 0 Å². The molecule has 1 heterocycles. The molecule has 3 rings (SSSR count). The minimum Gasteiger partial charge on any atom is -0.350 e. The summed E-state index contributed by atoms with van der Waals surface area (Å²) in [4.78, 5) is 3.46. The number of nitrogens with one attached hydrogen (secondary N) is 2. The van der Waals surface area contributed by atoms with Crippen LogP contribution in [0.25, 0.3) is 10.9 Å². The highest BCUT2D eigenvalue weighted by Crippen LogP contribution is 2.24. The number of fused-ring (bicyclic) bond motifs is 1. The predicted molar refractivity (Wildman–Crippen MR) is 83.9 cm³/mol. The van der Waals surface area contributed by atoms with Gasteiger partial charge >= 0.3 is 0 Å². The molecule has 102 valence electrons. The lowest BCUT2D eigenvalue weighted by Crippen LogP contribution is -2.23. The Kier molecular flexibility index (Phi) is 4.46. The fourth-order valence-corrected chi connectivity index (χ4v) is 3.74. The summed E-state index contributed by atoms with van der Waals surface area (Å²) >= 11 is 1.91. The summed E-state index contributed by atoms with van der Waals surface area (Å²) in [6.45, 7) is 2.32. The van der Waals surface area contributed by atoms with Crippen molar-refractivity contribution in [3.8, 4) is 0 Å². The standard InChI is InChI=1S/C16H22N2S/c1-2-6-13(5-1)12-17-9-10-19-16-11-14-7-3-4-8-15(14)18-16/h3-4,7-8,11,13,17-18H,1-2,5-6,9-10,12H2. The maximum absolute atomic E-state index is 3.60. The maximum atomic E-state index is 3.60. The summed E-state index contributed by atoms with van der Waals surface area (Å²) < 4.78 is 0. The molecule has 2 N–H and O–H groups in total. The normalized spacial score (nSPS) is 16.4. The third kappa shape index (κ3) is 3.54. The molecule has 1 aromatic heterocycles. The zero-order chi connectivity index (χ0) is 12.9. The molecule has 19 heavy (non-hydrogen) atoms. The van der Waals surface area contributed by atoms with E-state index in [-0.39, 0.29) is 0 Å². The van der Waals surface area contributed by atoms with Crippen LogP contribution in [0.15, 0.2) is 35.4 Å². The van der Waals surface area contributed by atoms with Crippen molar-refractivity contribution in [1.29, 1.82) is 0 Å². The molecule has 1 aliphatic rings. The summed E-state index contributed by atoms with van der Waals surface area (Å²) in [5, 5.41) is 6.19. The molecule has 2 aromatic rings. The van der Waals surface area contributed by atoms with Crippen molar-refractivity contribution >= 4 is 22.7 Å². The van der Waals surface area contributed by atoms with Gasteiger partial charge in [-0.05, 0) is 37.4 Å². The van der Waals surface area contributed by atoms with Crippen LogP contribution in [0.3, 0.4) is 0 Å². The van der Waals surface area contributed by atoms with E-state index < -0.39 is 0 Å². The van der Waals surface area contributed by atoms with Crippen LogP contribution in [-0.4, -0.2) is 23.8 Å². The van der Waals surface area contributed by atoms with Gasteiger partial charge in [-0.25, -0.2) is 0 Å². The van der Waals surface area contributed by atoms with E-state index in [9.17, 15) is 0 Å². The van der Waals surface area contributed by atoms with E-state index in [4.69, 9.17) is 0 Å². The Bertz CT molecular complexity index is 481. The van der Waals surface area contributed by atoms with Gasteiger partial charge in [-0.1, -0.05) is 31.0 Å². The lowest BCUT2D eigenvalue weighted by Gasteiger charge is -2.09. The molecule has 2 nitrogen and oxygen atoms in total. The highest BCUT2D eigenvalue weighted by atomic mass is 32.2. The largest absolute Gasteiger partial charge is 0.350 e. The zero-order valence-electron chi connectivity index (χ0n) is 11.3. The monoisotopic (exact) mass is 274 g/mol. The molecule has 0 atom stereocenters. The van der Waals surface area contributed by atoms with Gasteiger partial charge in [-0.3, -0.25) is 0 Å². The van der Waals surface area contributed by atoms with Crippen LogP contribution in [-0.2, 0) is 0 Å². The third-order valence-electron chi connectivity index (χ3n) is 3.95. The van der Waals surface area contributed by atoms with Crippen LogP contribution in [0, 0.1) is 5.92 Å². The van der Waals surface area contributed by atoms with Crippen LogP contribution in [0.4, 0.5) is 0 Å². The Morgan fingerprint density at radius 1 is 1.21 bits per heavy atom. The zero-order valence-corrected chi connectivity index (χ0v) is 12.1. The lowest BCUT2D eigenvalue weighted by atomic mass is 10.1. The minimum absolute atomic E-state index is 0.943. The highest BCUT2D eigenvalue weighted by Gasteiger charge is 2.13. The third-order valence-corrected chi connectivity index (χ3v) is 4.89. The summed E-state index contributed by atoms with van der Waals surface area (Å²) in [6.07, 6.45) is 5.75. The van der Waals surface area contributed by atoms with Gasteiger partial charge in [0.15, 0.2) is 0 Å². The molecule has 3 heteroatoms. The fourth-order valence-electron chi connectivity index (χ4n) is 2.88. The molecule has 1 aromatic carbocycles. The summed E-state index contributed by atoms with van der Waals surface area (Å²) in [5.74, 6) is 2.08. The minimum atomic E-state index is 0.943. The van der Waals surface area contributed by atoms with Crippen molar-refractivity contribution in [3.05, 3.63) is 30.3 Å². The Hall–Kier alpha value is -0.930. The molecule has 0 saturated heterocycles. The summed E-state index contributed by atoms with van der Waals surface area (Å²) in [7, 11) is 0. The molecule has 0 bridgehead atoms. The second kappa shape index (κ2) is 6.49. The van der Waals surface area contributed by atoms with Crippen molar-refractivity contribution in [1.82, 2.24) is 10.3 Å². The number of rotatable bonds is 6. The first-order valence-corrected chi connectivity index (χ1v) is 8.31. The van der Waals surface area contributed by atoms with Crippen molar-refractivity contribution in [2.45, 2.75) is 30.7 Å². The number of H-pyrrole nitrogens is 1. The molecule has 1 fully saturated rings. The molecule has 1 aliphatic carbocycles. The van der Waals surface area contributed by atoms with Crippen molar-refractivity contribution in [3.63, 3.8) is 0 Å². The highest BCUT2D eigenvalue weighted by molar-refractivity contribution is 7.99. The van der Waals surface area contributed by atoms with E-state index in [0.29, 0.717) is 0 Å². The van der Waals surface area contributed by atoms with Crippen LogP contribution in [0.2, 0.25) is 0 Å². The molecule has 1 saturated carbocycles. The smallest absolute Gasteiger partial charge is 0.0732 e. The number of para-hydroxylation sites is 1. The SMILES string of the molecule is c1ccc2[nH]c(SCCNCC3CCCC3)cc2c1.